The molecule has 25 heavy (non-hydrogen) atoms. The molecule has 2 aromatic carbocycles. The van der Waals surface area contributed by atoms with E-state index in [1.807, 2.05) is 24.3 Å². The van der Waals surface area contributed by atoms with E-state index in [9.17, 15) is 4.79 Å². The van der Waals surface area contributed by atoms with Gasteiger partial charge in [0.15, 0.2) is 0 Å². The fourth-order valence-electron chi connectivity index (χ4n) is 2.71. The van der Waals surface area contributed by atoms with Crippen molar-refractivity contribution in [1.29, 1.82) is 0 Å². The number of hydrogen-bond acceptors (Lipinski definition) is 3. The molecule has 0 heterocycles. The SMILES string of the molecule is COc1cc(NC(=O)NC2(c3ccc(Cl)cc3)CC2)c(OC)cc1Cl. The monoisotopic (exact) mass is 380 g/mol. The highest BCUT2D eigenvalue weighted by atomic mass is 35.5. The van der Waals surface area contributed by atoms with Gasteiger partial charge in [-0.05, 0) is 30.5 Å². The Labute approximate surface area is 156 Å². The van der Waals surface area contributed by atoms with Crippen LogP contribution < -0.4 is 20.1 Å². The zero-order valence-corrected chi connectivity index (χ0v) is 15.4. The number of nitrogens with one attached hydrogen (secondary N) is 2. The van der Waals surface area contributed by atoms with Crippen molar-refractivity contribution >= 4 is 34.9 Å². The lowest BCUT2D eigenvalue weighted by molar-refractivity contribution is 0.247. The van der Waals surface area contributed by atoms with Gasteiger partial charge in [0.1, 0.15) is 11.5 Å². The van der Waals surface area contributed by atoms with Crippen molar-refractivity contribution in [2.45, 2.75) is 18.4 Å². The lowest BCUT2D eigenvalue weighted by atomic mass is 10.1. The normalized spacial score (nSPS) is 14.6. The number of anilines is 1. The van der Waals surface area contributed by atoms with Crippen LogP contribution in [-0.2, 0) is 5.54 Å². The molecule has 0 atom stereocenters. The van der Waals surface area contributed by atoms with Crippen LogP contribution in [0.3, 0.4) is 0 Å². The van der Waals surface area contributed by atoms with Crippen molar-refractivity contribution in [3.05, 3.63) is 52.0 Å². The Bertz CT molecular complexity index is 790. The standard InChI is InChI=1S/C18H18Cl2N2O3/c1-24-15-10-14(16(25-2)9-13(15)20)21-17(23)22-18(7-8-18)11-3-5-12(19)6-4-11/h3-6,9-10H,7-8H2,1-2H3,(H2,21,22,23). The third-order valence-electron chi connectivity index (χ3n) is 4.22. The van der Waals surface area contributed by atoms with E-state index in [1.165, 1.54) is 14.2 Å². The van der Waals surface area contributed by atoms with Gasteiger partial charge in [-0.1, -0.05) is 35.3 Å². The maximum Gasteiger partial charge on any atom is 0.320 e. The molecule has 1 aliphatic rings. The molecular formula is C18H18Cl2N2O3. The molecule has 2 amide bonds. The number of benzene rings is 2. The van der Waals surface area contributed by atoms with Crippen LogP contribution in [0.25, 0.3) is 0 Å². The van der Waals surface area contributed by atoms with Crippen molar-refractivity contribution in [2.24, 2.45) is 0 Å². The van der Waals surface area contributed by atoms with Gasteiger partial charge in [-0.2, -0.15) is 0 Å². The van der Waals surface area contributed by atoms with Crippen LogP contribution in [0.1, 0.15) is 18.4 Å². The van der Waals surface area contributed by atoms with E-state index in [0.717, 1.165) is 18.4 Å². The zero-order valence-electron chi connectivity index (χ0n) is 13.9. The summed E-state index contributed by atoms with van der Waals surface area (Å²) in [5.74, 6) is 0.911. The zero-order chi connectivity index (χ0) is 18.0. The molecule has 0 spiro atoms. The van der Waals surface area contributed by atoms with Gasteiger partial charge in [0.2, 0.25) is 0 Å². The minimum atomic E-state index is -0.349. The summed E-state index contributed by atoms with van der Waals surface area (Å²) in [4.78, 5) is 12.5. The number of carbonyl (C=O) groups excluding carboxylic acids is 1. The third kappa shape index (κ3) is 3.78. The Balaban J connectivity index is 1.76. The second kappa shape index (κ2) is 7.02. The van der Waals surface area contributed by atoms with Gasteiger partial charge in [-0.3, -0.25) is 0 Å². The summed E-state index contributed by atoms with van der Waals surface area (Å²) in [6, 6.07) is 10.4. The molecule has 2 N–H and O–H groups in total. The number of carbonyl (C=O) groups is 1. The molecule has 1 fully saturated rings. The summed E-state index contributed by atoms with van der Waals surface area (Å²) in [7, 11) is 3.02. The summed E-state index contributed by atoms with van der Waals surface area (Å²) in [5, 5.41) is 6.91. The highest BCUT2D eigenvalue weighted by molar-refractivity contribution is 6.32. The second-order valence-electron chi connectivity index (χ2n) is 5.86. The summed E-state index contributed by atoms with van der Waals surface area (Å²) in [5.41, 5.74) is 1.17. The van der Waals surface area contributed by atoms with E-state index >= 15 is 0 Å². The topological polar surface area (TPSA) is 59.6 Å². The average Bonchev–Trinajstić information content (AvgIpc) is 3.37. The van der Waals surface area contributed by atoms with Gasteiger partial charge < -0.3 is 20.1 Å². The summed E-state index contributed by atoms with van der Waals surface area (Å²) < 4.78 is 10.5. The minimum absolute atomic E-state index is 0.324. The molecule has 1 saturated carbocycles. The van der Waals surface area contributed by atoms with Crippen LogP contribution in [0.4, 0.5) is 10.5 Å². The molecule has 0 bridgehead atoms. The molecule has 0 unspecified atom stereocenters. The van der Waals surface area contributed by atoms with Crippen LogP contribution in [0.2, 0.25) is 10.0 Å². The fourth-order valence-corrected chi connectivity index (χ4v) is 3.07. The van der Waals surface area contributed by atoms with E-state index in [-0.39, 0.29) is 11.6 Å². The number of methoxy groups -OCH3 is 2. The molecular weight excluding hydrogens is 363 g/mol. The van der Waals surface area contributed by atoms with Gasteiger partial charge >= 0.3 is 6.03 Å². The number of halogens is 2. The highest BCUT2D eigenvalue weighted by Gasteiger charge is 2.45. The quantitative estimate of drug-likeness (QED) is 0.781. The smallest absolute Gasteiger partial charge is 0.320 e. The van der Waals surface area contributed by atoms with Gasteiger partial charge in [-0.25, -0.2) is 4.79 Å². The summed E-state index contributed by atoms with van der Waals surface area (Å²) in [6.45, 7) is 0. The van der Waals surface area contributed by atoms with Gasteiger partial charge in [0, 0.05) is 17.2 Å². The Morgan fingerprint density at radius 3 is 2.24 bits per heavy atom. The summed E-state index contributed by atoms with van der Waals surface area (Å²) in [6.07, 6.45) is 1.76. The van der Waals surface area contributed by atoms with E-state index < -0.39 is 0 Å². The first-order valence-corrected chi connectivity index (χ1v) is 8.50. The predicted octanol–water partition coefficient (Wildman–Crippen LogP) is 4.82. The van der Waals surface area contributed by atoms with Crippen LogP contribution in [-0.4, -0.2) is 20.3 Å². The van der Waals surface area contributed by atoms with Crippen molar-refractivity contribution < 1.29 is 14.3 Å². The average molecular weight is 381 g/mol. The fraction of sp³-hybridized carbons (Fsp3) is 0.278. The van der Waals surface area contributed by atoms with Crippen molar-refractivity contribution in [3.63, 3.8) is 0 Å². The predicted molar refractivity (Wildman–Crippen MR) is 99.1 cm³/mol. The van der Waals surface area contributed by atoms with Crippen molar-refractivity contribution in [3.8, 4) is 11.5 Å². The Kier molecular flexibility index (Phi) is 4.97. The number of urea groups is 1. The minimum Gasteiger partial charge on any atom is -0.495 e. The lowest BCUT2D eigenvalue weighted by Crippen LogP contribution is -2.38. The molecule has 2 aromatic rings. The third-order valence-corrected chi connectivity index (χ3v) is 4.77. The van der Waals surface area contributed by atoms with Crippen molar-refractivity contribution in [2.75, 3.05) is 19.5 Å². The molecule has 0 aliphatic heterocycles. The number of ether oxygens (including phenoxy) is 2. The van der Waals surface area contributed by atoms with Gasteiger partial charge in [0.25, 0.3) is 0 Å². The maximum atomic E-state index is 12.5. The molecule has 1 aliphatic carbocycles. The Morgan fingerprint density at radius 2 is 1.68 bits per heavy atom. The lowest BCUT2D eigenvalue weighted by Gasteiger charge is -2.19. The van der Waals surface area contributed by atoms with Crippen LogP contribution in [0.15, 0.2) is 36.4 Å². The van der Waals surface area contributed by atoms with Crippen LogP contribution in [0.5, 0.6) is 11.5 Å². The molecule has 5 nitrogen and oxygen atoms in total. The summed E-state index contributed by atoms with van der Waals surface area (Å²) >= 11 is 12.0. The molecule has 132 valence electrons. The van der Waals surface area contributed by atoms with Gasteiger partial charge in [-0.15, -0.1) is 0 Å². The highest BCUT2D eigenvalue weighted by Crippen LogP contribution is 2.46. The van der Waals surface area contributed by atoms with E-state index in [2.05, 4.69) is 10.6 Å². The molecule has 0 radical (unpaired) electrons. The molecule has 7 heteroatoms. The van der Waals surface area contributed by atoms with Gasteiger partial charge in [0.05, 0.1) is 30.5 Å². The Hall–Kier alpha value is -2.11. The second-order valence-corrected chi connectivity index (χ2v) is 6.70. The number of hydrogen-bond donors (Lipinski definition) is 2. The number of rotatable bonds is 5. The van der Waals surface area contributed by atoms with Crippen LogP contribution in [0, 0.1) is 0 Å². The Morgan fingerprint density at radius 1 is 1.04 bits per heavy atom. The molecule has 0 saturated heterocycles. The molecule has 3 rings (SSSR count). The first-order valence-electron chi connectivity index (χ1n) is 7.74. The first-order chi connectivity index (χ1) is 12.0. The largest absolute Gasteiger partial charge is 0.495 e. The van der Waals surface area contributed by atoms with Crippen molar-refractivity contribution in [1.82, 2.24) is 5.32 Å². The van der Waals surface area contributed by atoms with E-state index in [0.29, 0.717) is 27.2 Å². The van der Waals surface area contributed by atoms with Crippen LogP contribution >= 0.6 is 23.2 Å². The molecule has 0 aromatic heterocycles. The maximum absolute atomic E-state index is 12.5. The number of amides is 2. The first kappa shape index (κ1) is 17.7. The van der Waals surface area contributed by atoms with E-state index in [1.54, 1.807) is 12.1 Å². The van der Waals surface area contributed by atoms with E-state index in [4.69, 9.17) is 32.7 Å².